The van der Waals surface area contributed by atoms with Crippen LogP contribution in [0.15, 0.2) is 18.2 Å². The lowest BCUT2D eigenvalue weighted by Crippen LogP contribution is -2.21. The molecule has 4 aliphatic heterocycles. The van der Waals surface area contributed by atoms with Crippen molar-refractivity contribution in [3.05, 3.63) is 69.1 Å². The molecule has 8 bridgehead atoms. The lowest BCUT2D eigenvalue weighted by atomic mass is 9.85. The van der Waals surface area contributed by atoms with E-state index in [2.05, 4.69) is 16.9 Å². The zero-order valence-corrected chi connectivity index (χ0v) is 25.1. The van der Waals surface area contributed by atoms with E-state index in [1.54, 1.807) is 0 Å². The van der Waals surface area contributed by atoms with Crippen LogP contribution >= 0.6 is 0 Å². The number of carbonyl (C=O) groups is 3. The number of rotatable bonds is 5. The van der Waals surface area contributed by atoms with E-state index >= 15 is 0 Å². The molecule has 0 radical (unpaired) electrons. The lowest BCUT2D eigenvalue weighted by Gasteiger charge is -2.19. The molecule has 0 unspecified atom stereocenters. The van der Waals surface area contributed by atoms with Gasteiger partial charge >= 0.3 is 17.9 Å². The van der Waals surface area contributed by atoms with Crippen LogP contribution in [0.25, 0.3) is 33.3 Å². The fraction of sp³-hybridized carbons (Fsp3) is 0.364. The molecule has 0 aliphatic carbocycles. The highest BCUT2D eigenvalue weighted by molar-refractivity contribution is 6.18. The fourth-order valence-corrected chi connectivity index (χ4v) is 6.58. The minimum Gasteiger partial charge on any atom is -0.469 e. The van der Waals surface area contributed by atoms with Crippen molar-refractivity contribution in [1.82, 2.24) is 19.9 Å². The largest absolute Gasteiger partial charge is 0.469 e. The normalized spacial score (nSPS) is 18.7. The van der Waals surface area contributed by atoms with E-state index in [1.165, 1.54) is 7.11 Å². The number of aliphatic hydroxyl groups excluding tert-OH is 1. The summed E-state index contributed by atoms with van der Waals surface area (Å²) in [7, 11) is 1.35. The summed E-state index contributed by atoms with van der Waals surface area (Å²) in [6.45, 7) is 9.66. The van der Waals surface area contributed by atoms with E-state index in [9.17, 15) is 19.5 Å². The number of methoxy groups -OCH3 is 1. The summed E-state index contributed by atoms with van der Waals surface area (Å²) in [6, 6.07) is 5.74. The molecule has 2 aromatic heterocycles. The number of cyclic esters (lactones) is 2. The monoisotopic (exact) mass is 582 g/mol. The van der Waals surface area contributed by atoms with Crippen molar-refractivity contribution in [3.8, 4) is 0 Å². The first-order chi connectivity index (χ1) is 20.6. The molecule has 6 heterocycles. The van der Waals surface area contributed by atoms with Gasteiger partial charge in [-0.2, -0.15) is 0 Å². The maximum Gasteiger partial charge on any atom is 0.349 e. The Kier molecular flexibility index (Phi) is 7.04. The maximum absolute atomic E-state index is 13.5. The van der Waals surface area contributed by atoms with Crippen LogP contribution in [0.2, 0.25) is 0 Å². The number of nitrogens with zero attached hydrogens (tertiary/aromatic N) is 2. The molecule has 43 heavy (non-hydrogen) atoms. The number of allylic oxidation sites excluding steroid dienone is 3. The summed E-state index contributed by atoms with van der Waals surface area (Å²) in [4.78, 5) is 55.4. The molecule has 2 aromatic rings. The molecule has 0 aromatic carbocycles. The molecule has 0 saturated heterocycles. The Hall–Kier alpha value is -4.57. The Morgan fingerprint density at radius 2 is 1.60 bits per heavy atom. The predicted molar refractivity (Wildman–Crippen MR) is 162 cm³/mol. The topological polar surface area (TPSA) is 147 Å². The van der Waals surface area contributed by atoms with Crippen molar-refractivity contribution in [2.45, 2.75) is 65.7 Å². The van der Waals surface area contributed by atoms with E-state index < -0.39 is 11.9 Å². The highest BCUT2D eigenvalue weighted by atomic mass is 16.6. The number of aryl methyl sites for hydroxylation is 1. The Morgan fingerprint density at radius 3 is 2.28 bits per heavy atom. The number of carbonyl (C=O) groups excluding carboxylic acids is 3. The third-order valence-corrected chi connectivity index (χ3v) is 9.17. The third-order valence-electron chi connectivity index (χ3n) is 9.17. The van der Waals surface area contributed by atoms with Gasteiger partial charge in [-0.15, -0.1) is 0 Å². The number of aromatic amines is 2. The van der Waals surface area contributed by atoms with Gasteiger partial charge in [0, 0.05) is 40.7 Å². The molecule has 222 valence electrons. The summed E-state index contributed by atoms with van der Waals surface area (Å²) in [5.74, 6) is -2.25. The number of fused-ring (bicyclic) bond motifs is 8. The van der Waals surface area contributed by atoms with Gasteiger partial charge in [-0.3, -0.25) is 4.79 Å². The second-order valence-electron chi connectivity index (χ2n) is 11.4. The molecule has 0 amide bonds. The summed E-state index contributed by atoms with van der Waals surface area (Å²) in [5, 5.41) is 10.3. The van der Waals surface area contributed by atoms with E-state index in [0.29, 0.717) is 45.7 Å². The summed E-state index contributed by atoms with van der Waals surface area (Å²) in [6.07, 6.45) is 1.28. The first-order valence-electron chi connectivity index (χ1n) is 14.5. The van der Waals surface area contributed by atoms with Crippen molar-refractivity contribution in [3.63, 3.8) is 0 Å². The number of nitrogens with one attached hydrogen (secondary N) is 2. The van der Waals surface area contributed by atoms with Crippen LogP contribution in [-0.2, 0) is 14.3 Å². The molecule has 0 saturated carbocycles. The molecule has 6 rings (SSSR count). The van der Waals surface area contributed by atoms with Gasteiger partial charge in [-0.05, 0) is 74.1 Å². The van der Waals surface area contributed by atoms with Gasteiger partial charge < -0.3 is 24.5 Å². The highest BCUT2D eigenvalue weighted by Crippen LogP contribution is 2.44. The zero-order valence-electron chi connectivity index (χ0n) is 25.1. The van der Waals surface area contributed by atoms with Gasteiger partial charge in [0.1, 0.15) is 5.56 Å². The van der Waals surface area contributed by atoms with Crippen LogP contribution in [-0.4, -0.2) is 56.7 Å². The molecule has 2 atom stereocenters. The van der Waals surface area contributed by atoms with Crippen molar-refractivity contribution in [2.75, 3.05) is 13.7 Å². The molecule has 10 heteroatoms. The summed E-state index contributed by atoms with van der Waals surface area (Å²) in [5.41, 5.74) is 10.0. The number of ether oxygens (including phenoxy) is 2. The number of esters is 3. The average molecular weight is 583 g/mol. The minimum atomic E-state index is -0.758. The van der Waals surface area contributed by atoms with E-state index in [4.69, 9.17) is 19.4 Å². The van der Waals surface area contributed by atoms with Gasteiger partial charge in [0.2, 0.25) is 0 Å². The summed E-state index contributed by atoms with van der Waals surface area (Å²) < 4.78 is 10.2. The second kappa shape index (κ2) is 10.6. The quantitative estimate of drug-likeness (QED) is 0.298. The molecular weight excluding hydrogens is 548 g/mol. The van der Waals surface area contributed by atoms with Crippen LogP contribution in [0.4, 0.5) is 0 Å². The SMILES string of the molecule is CCC1=C(C)c2cc3nc(cc4[nH]c(c5c6[nH]c(cc1n2)c(C)c6C(=O)OC5=O)[C@@H](CCC(=O)OC)[C@@H]4C)C(C)=C3CO. The number of hydrogen-bond donors (Lipinski definition) is 3. The smallest absolute Gasteiger partial charge is 0.349 e. The van der Waals surface area contributed by atoms with Gasteiger partial charge in [0.25, 0.3) is 0 Å². The number of aromatic nitrogens is 4. The van der Waals surface area contributed by atoms with Crippen LogP contribution < -0.4 is 0 Å². The fourth-order valence-electron chi connectivity index (χ4n) is 6.58. The van der Waals surface area contributed by atoms with Gasteiger partial charge in [-0.1, -0.05) is 13.8 Å². The molecule has 0 fully saturated rings. The zero-order chi connectivity index (χ0) is 30.7. The Balaban J connectivity index is 1.77. The van der Waals surface area contributed by atoms with Crippen LogP contribution in [0.1, 0.15) is 119 Å². The Bertz CT molecular complexity index is 1870. The van der Waals surface area contributed by atoms with Gasteiger partial charge in [0.05, 0.1) is 47.6 Å². The van der Waals surface area contributed by atoms with Crippen molar-refractivity contribution in [1.29, 1.82) is 0 Å². The van der Waals surface area contributed by atoms with Crippen molar-refractivity contribution < 1.29 is 29.0 Å². The van der Waals surface area contributed by atoms with Crippen molar-refractivity contribution in [2.24, 2.45) is 0 Å². The molecule has 10 nitrogen and oxygen atoms in total. The first-order valence-corrected chi connectivity index (χ1v) is 14.5. The van der Waals surface area contributed by atoms with Crippen LogP contribution in [0.5, 0.6) is 0 Å². The molecule has 0 spiro atoms. The van der Waals surface area contributed by atoms with E-state index in [1.807, 2.05) is 45.9 Å². The summed E-state index contributed by atoms with van der Waals surface area (Å²) >= 11 is 0. The number of hydrogen-bond acceptors (Lipinski definition) is 8. The van der Waals surface area contributed by atoms with Gasteiger partial charge in [0.15, 0.2) is 0 Å². The van der Waals surface area contributed by atoms with Crippen LogP contribution in [0, 0.1) is 6.92 Å². The van der Waals surface area contributed by atoms with Crippen LogP contribution in [0.3, 0.4) is 0 Å². The van der Waals surface area contributed by atoms with E-state index in [-0.39, 0.29) is 36.4 Å². The average Bonchev–Trinajstić information content (AvgIpc) is 3.65. The molecule has 4 aliphatic rings. The van der Waals surface area contributed by atoms with E-state index in [0.717, 1.165) is 45.8 Å². The molecular formula is C33H34N4O6. The Labute approximate surface area is 248 Å². The second-order valence-corrected chi connectivity index (χ2v) is 11.4. The maximum atomic E-state index is 13.5. The first kappa shape index (κ1) is 28.5. The number of aliphatic hydroxyl groups is 1. The lowest BCUT2D eigenvalue weighted by molar-refractivity contribution is -0.140. The molecule has 3 N–H and O–H groups in total. The highest BCUT2D eigenvalue weighted by Gasteiger charge is 2.38. The van der Waals surface area contributed by atoms with Crippen molar-refractivity contribution >= 4 is 51.2 Å². The number of H-pyrrole nitrogens is 2. The predicted octanol–water partition coefficient (Wildman–Crippen LogP) is 5.76. The minimum absolute atomic E-state index is 0.145. The third kappa shape index (κ3) is 4.48. The Morgan fingerprint density at radius 1 is 0.953 bits per heavy atom. The standard InChI is InChI=1S/C33H34N4O6/c1-7-18-14(2)22-11-26-20(13-38)16(4)21(35-26)10-23-15(3)19(8-9-27(39)42-6)30(36-23)29-31-28(32(40)43-33(29)41)17(5)24(37-31)12-25(18)34-22/h10-12,15,19,36-38H,7-9,13H2,1-6H3/t15-,19-/m0/s1. The van der Waals surface area contributed by atoms with Gasteiger partial charge in [-0.25, -0.2) is 19.6 Å².